The Labute approximate surface area is 353 Å². The lowest BCUT2D eigenvalue weighted by molar-refractivity contribution is -0.870. The summed E-state index contributed by atoms with van der Waals surface area (Å²) in [5.74, 6) is -0.818. The molecule has 0 aromatic heterocycles. The van der Waals surface area contributed by atoms with E-state index < -0.39 is 26.5 Å². The van der Waals surface area contributed by atoms with Crippen LogP contribution in [0.25, 0.3) is 0 Å². The summed E-state index contributed by atoms with van der Waals surface area (Å²) in [4.78, 5) is 37.6. The maximum atomic E-state index is 12.7. The Bertz CT molecular complexity index is 943. The van der Waals surface area contributed by atoms with E-state index in [1.54, 1.807) is 0 Å². The molecule has 10 heteroatoms. The molecule has 0 spiro atoms. The van der Waals surface area contributed by atoms with Crippen LogP contribution in [0, 0.1) is 0 Å². The second-order valence-electron chi connectivity index (χ2n) is 17.8. The van der Waals surface area contributed by atoms with Gasteiger partial charge >= 0.3 is 11.9 Å². The zero-order chi connectivity index (χ0) is 42.1. The van der Waals surface area contributed by atoms with E-state index in [-0.39, 0.29) is 32.0 Å². The first-order valence-corrected chi connectivity index (χ1v) is 25.7. The molecular weight excluding hydrogens is 737 g/mol. The Morgan fingerprint density at radius 2 is 0.789 bits per heavy atom. The first kappa shape index (κ1) is 56.0. The Morgan fingerprint density at radius 3 is 1.12 bits per heavy atom. The molecule has 0 bridgehead atoms. The highest BCUT2D eigenvalue weighted by Gasteiger charge is 2.21. The van der Waals surface area contributed by atoms with Gasteiger partial charge in [-0.1, -0.05) is 213 Å². The number of unbranched alkanes of at least 4 members (excludes halogenated alkanes) is 31. The molecule has 0 radical (unpaired) electrons. The van der Waals surface area contributed by atoms with Crippen LogP contribution in [0.3, 0.4) is 0 Å². The molecule has 0 aliphatic heterocycles. The van der Waals surface area contributed by atoms with Gasteiger partial charge in [-0.25, -0.2) is 0 Å². The van der Waals surface area contributed by atoms with Crippen LogP contribution in [0.1, 0.15) is 239 Å². The number of esters is 2. The zero-order valence-electron chi connectivity index (χ0n) is 38.3. The van der Waals surface area contributed by atoms with Crippen LogP contribution in [0.4, 0.5) is 0 Å². The normalized spacial score (nSPS) is 13.4. The first-order valence-electron chi connectivity index (χ1n) is 24.2. The van der Waals surface area contributed by atoms with Gasteiger partial charge in [-0.05, 0) is 12.8 Å². The third kappa shape index (κ3) is 44.4. The van der Waals surface area contributed by atoms with Gasteiger partial charge in [0.15, 0.2) is 6.10 Å². The number of carbonyl (C=O) groups excluding carboxylic acids is 2. The van der Waals surface area contributed by atoms with Gasteiger partial charge in [0.2, 0.25) is 0 Å². The van der Waals surface area contributed by atoms with E-state index in [9.17, 15) is 19.0 Å². The molecule has 0 heterocycles. The number of quaternary nitrogens is 1. The third-order valence-electron chi connectivity index (χ3n) is 10.9. The number of carbonyl (C=O) groups is 2. The van der Waals surface area contributed by atoms with Crippen LogP contribution in [-0.2, 0) is 32.7 Å². The van der Waals surface area contributed by atoms with E-state index in [0.29, 0.717) is 17.4 Å². The van der Waals surface area contributed by atoms with Gasteiger partial charge in [0.25, 0.3) is 7.82 Å². The Hall–Kier alpha value is -0.990. The fourth-order valence-corrected chi connectivity index (χ4v) is 7.80. The van der Waals surface area contributed by atoms with E-state index in [2.05, 4.69) is 13.8 Å². The lowest BCUT2D eigenvalue weighted by Crippen LogP contribution is -2.37. The van der Waals surface area contributed by atoms with Gasteiger partial charge in [-0.15, -0.1) is 0 Å². The number of ether oxygens (including phenoxy) is 2. The highest BCUT2D eigenvalue weighted by molar-refractivity contribution is 7.45. The van der Waals surface area contributed by atoms with Gasteiger partial charge < -0.3 is 27.9 Å². The van der Waals surface area contributed by atoms with Crippen molar-refractivity contribution in [3.8, 4) is 0 Å². The van der Waals surface area contributed by atoms with Crippen molar-refractivity contribution in [1.29, 1.82) is 0 Å². The highest BCUT2D eigenvalue weighted by atomic mass is 31.2. The monoisotopic (exact) mass is 832 g/mol. The van der Waals surface area contributed by atoms with Crippen LogP contribution in [0.15, 0.2) is 0 Å². The van der Waals surface area contributed by atoms with Crippen molar-refractivity contribution >= 4 is 19.8 Å². The van der Waals surface area contributed by atoms with Crippen molar-refractivity contribution < 1.29 is 42.1 Å². The third-order valence-corrected chi connectivity index (χ3v) is 11.8. The first-order chi connectivity index (χ1) is 27.5. The van der Waals surface area contributed by atoms with Gasteiger partial charge in [0.1, 0.15) is 19.8 Å². The van der Waals surface area contributed by atoms with E-state index >= 15 is 0 Å². The van der Waals surface area contributed by atoms with Gasteiger partial charge in [-0.3, -0.25) is 14.2 Å². The average molecular weight is 832 g/mol. The summed E-state index contributed by atoms with van der Waals surface area (Å²) in [5, 5.41) is 0. The van der Waals surface area contributed by atoms with E-state index in [4.69, 9.17) is 18.5 Å². The summed E-state index contributed by atoms with van der Waals surface area (Å²) in [6.45, 7) is 4.27. The highest BCUT2D eigenvalue weighted by Crippen LogP contribution is 2.38. The largest absolute Gasteiger partial charge is 0.756 e. The molecule has 0 rings (SSSR count). The van der Waals surface area contributed by atoms with Crippen LogP contribution in [-0.4, -0.2) is 70.0 Å². The number of rotatable bonds is 45. The van der Waals surface area contributed by atoms with Crippen molar-refractivity contribution in [2.75, 3.05) is 47.5 Å². The van der Waals surface area contributed by atoms with Crippen LogP contribution < -0.4 is 4.89 Å². The fraction of sp³-hybridized carbons (Fsp3) is 0.957. The molecule has 0 saturated carbocycles. The molecule has 0 aromatic rings. The van der Waals surface area contributed by atoms with Gasteiger partial charge in [-0.2, -0.15) is 0 Å². The lowest BCUT2D eigenvalue weighted by atomic mass is 10.0. The van der Waals surface area contributed by atoms with Crippen LogP contribution in [0.2, 0.25) is 0 Å². The number of nitrogens with zero attached hydrogens (tertiary/aromatic N) is 1. The number of hydrogen-bond donors (Lipinski definition) is 0. The summed E-state index contributed by atoms with van der Waals surface area (Å²) in [5.41, 5.74) is 0. The molecule has 0 fully saturated rings. The minimum atomic E-state index is -4.62. The number of hydrogen-bond acceptors (Lipinski definition) is 8. The minimum Gasteiger partial charge on any atom is -0.756 e. The van der Waals surface area contributed by atoms with E-state index in [1.165, 1.54) is 173 Å². The second-order valence-corrected chi connectivity index (χ2v) is 19.3. The second kappa shape index (κ2) is 40.4. The Balaban J connectivity index is 4.19. The zero-order valence-corrected chi connectivity index (χ0v) is 39.2. The number of likely N-dealkylation sites (N-methyl/N-ethyl adjacent to an activating group) is 1. The molecule has 0 aliphatic rings. The van der Waals surface area contributed by atoms with Crippen molar-refractivity contribution in [3.63, 3.8) is 0 Å². The molecule has 0 aliphatic carbocycles. The quantitative estimate of drug-likeness (QED) is 0.0258. The van der Waals surface area contributed by atoms with Crippen molar-refractivity contribution in [3.05, 3.63) is 0 Å². The van der Waals surface area contributed by atoms with Crippen molar-refractivity contribution in [2.45, 2.75) is 245 Å². The molecule has 57 heavy (non-hydrogen) atoms. The molecule has 0 aromatic carbocycles. The molecular formula is C47H94NO8P. The summed E-state index contributed by atoms with van der Waals surface area (Å²) in [7, 11) is 1.18. The predicted molar refractivity (Wildman–Crippen MR) is 236 cm³/mol. The van der Waals surface area contributed by atoms with E-state index in [1.807, 2.05) is 21.1 Å². The van der Waals surface area contributed by atoms with Crippen LogP contribution in [0.5, 0.6) is 0 Å². The predicted octanol–water partition coefficient (Wildman–Crippen LogP) is 13.3. The molecule has 2 unspecified atom stereocenters. The topological polar surface area (TPSA) is 111 Å². The van der Waals surface area contributed by atoms with Gasteiger partial charge in [0, 0.05) is 12.8 Å². The fourth-order valence-electron chi connectivity index (χ4n) is 7.07. The maximum Gasteiger partial charge on any atom is 0.306 e. The average Bonchev–Trinajstić information content (AvgIpc) is 3.16. The number of phosphoric acid groups is 1. The van der Waals surface area contributed by atoms with Crippen molar-refractivity contribution in [1.82, 2.24) is 0 Å². The molecule has 0 amide bonds. The van der Waals surface area contributed by atoms with Crippen LogP contribution >= 0.6 is 7.82 Å². The SMILES string of the molecule is CCCCCCCCCCCCCCCCCCCCCCCC(=O)OC(COC(=O)CCCCCCCCCCCCCC)COP(=O)([O-])OCC[N+](C)(C)C. The molecule has 9 nitrogen and oxygen atoms in total. The smallest absolute Gasteiger partial charge is 0.306 e. The molecule has 0 saturated heterocycles. The Morgan fingerprint density at radius 1 is 0.474 bits per heavy atom. The van der Waals surface area contributed by atoms with E-state index in [0.717, 1.165) is 32.1 Å². The van der Waals surface area contributed by atoms with Crippen molar-refractivity contribution in [2.24, 2.45) is 0 Å². The molecule has 2 atom stereocenters. The summed E-state index contributed by atoms with van der Waals surface area (Å²) in [6.07, 6.45) is 41.3. The maximum absolute atomic E-state index is 12.7. The standard InChI is InChI=1S/C47H94NO8P/c1-6-8-10-12-14-16-18-20-21-22-23-24-25-26-27-28-30-32-34-36-38-40-47(50)56-45(44-55-57(51,52)54-42-41-48(3,4)5)43-53-46(49)39-37-35-33-31-29-19-17-15-13-11-9-7-2/h45H,6-44H2,1-5H3. The molecule has 0 N–H and O–H groups in total. The summed E-state index contributed by atoms with van der Waals surface area (Å²) < 4.78 is 34.0. The minimum absolute atomic E-state index is 0.0256. The molecule has 340 valence electrons. The Kier molecular flexibility index (Phi) is 39.7. The lowest BCUT2D eigenvalue weighted by Gasteiger charge is -2.28. The summed E-state index contributed by atoms with van der Waals surface area (Å²) >= 11 is 0. The van der Waals surface area contributed by atoms with Gasteiger partial charge in [0.05, 0.1) is 27.7 Å². The summed E-state index contributed by atoms with van der Waals surface area (Å²) in [6, 6.07) is 0. The number of phosphoric ester groups is 1.